The summed E-state index contributed by atoms with van der Waals surface area (Å²) < 4.78 is 1.48. The quantitative estimate of drug-likeness (QED) is 0.893. The van der Waals surface area contributed by atoms with E-state index >= 15 is 0 Å². The third-order valence-corrected chi connectivity index (χ3v) is 4.90. The van der Waals surface area contributed by atoms with Gasteiger partial charge in [0.05, 0.1) is 11.6 Å². The zero-order valence-corrected chi connectivity index (χ0v) is 12.9. The normalized spacial score (nSPS) is 23.4. The highest BCUT2D eigenvalue weighted by Crippen LogP contribution is 2.44. The van der Waals surface area contributed by atoms with E-state index in [0.717, 1.165) is 12.8 Å². The van der Waals surface area contributed by atoms with E-state index in [2.05, 4.69) is 15.5 Å². The molecule has 8 heteroatoms. The van der Waals surface area contributed by atoms with Crippen LogP contribution >= 0.6 is 0 Å². The molecule has 1 amide bonds. The summed E-state index contributed by atoms with van der Waals surface area (Å²) in [5, 5.41) is 20.4. The van der Waals surface area contributed by atoms with Crippen molar-refractivity contribution in [3.8, 4) is 5.69 Å². The molecule has 2 aromatic rings. The number of carbonyl (C=O) groups is 2. The van der Waals surface area contributed by atoms with Gasteiger partial charge in [0, 0.05) is 18.7 Å². The van der Waals surface area contributed by atoms with Crippen LogP contribution in [0.4, 0.5) is 0 Å². The Kier molecular flexibility index (Phi) is 3.51. The summed E-state index contributed by atoms with van der Waals surface area (Å²) in [5.41, 5.74) is 1.21. The molecule has 2 fully saturated rings. The van der Waals surface area contributed by atoms with Gasteiger partial charge in [0.1, 0.15) is 6.33 Å². The maximum absolute atomic E-state index is 12.8. The molecule has 2 atom stereocenters. The van der Waals surface area contributed by atoms with Crippen LogP contribution in [-0.4, -0.2) is 55.2 Å². The first kappa shape index (κ1) is 14.8. The van der Waals surface area contributed by atoms with E-state index < -0.39 is 11.9 Å². The topological polar surface area (TPSA) is 101 Å². The van der Waals surface area contributed by atoms with Gasteiger partial charge in [-0.15, -0.1) is 5.10 Å². The molecule has 1 aromatic carbocycles. The van der Waals surface area contributed by atoms with Crippen molar-refractivity contribution in [2.24, 2.45) is 17.8 Å². The van der Waals surface area contributed by atoms with Crippen molar-refractivity contribution >= 4 is 11.9 Å². The SMILES string of the molecule is O=C(O)[C@H]1CN(C(=O)c2cccc(-n3cnnn3)c2)C[C@@H]1C1CC1. The first-order valence-corrected chi connectivity index (χ1v) is 7.99. The third-order valence-electron chi connectivity index (χ3n) is 4.90. The third kappa shape index (κ3) is 2.64. The number of nitrogens with zero attached hydrogens (tertiary/aromatic N) is 5. The molecule has 1 aromatic heterocycles. The Balaban J connectivity index is 1.56. The van der Waals surface area contributed by atoms with Crippen LogP contribution in [0.5, 0.6) is 0 Å². The van der Waals surface area contributed by atoms with Crippen LogP contribution in [0, 0.1) is 17.8 Å². The number of rotatable bonds is 4. The Bertz CT molecular complexity index is 772. The lowest BCUT2D eigenvalue weighted by atomic mass is 9.92. The second-order valence-corrected chi connectivity index (χ2v) is 6.46. The van der Waals surface area contributed by atoms with Gasteiger partial charge >= 0.3 is 5.97 Å². The fourth-order valence-electron chi connectivity index (χ4n) is 3.50. The summed E-state index contributed by atoms with van der Waals surface area (Å²) >= 11 is 0. The van der Waals surface area contributed by atoms with Crippen molar-refractivity contribution in [1.29, 1.82) is 0 Å². The molecule has 2 heterocycles. The monoisotopic (exact) mass is 327 g/mol. The van der Waals surface area contributed by atoms with Crippen molar-refractivity contribution < 1.29 is 14.7 Å². The minimum absolute atomic E-state index is 0.0779. The number of aromatic nitrogens is 4. The van der Waals surface area contributed by atoms with Crippen LogP contribution in [-0.2, 0) is 4.79 Å². The second-order valence-electron chi connectivity index (χ2n) is 6.46. The van der Waals surface area contributed by atoms with Crippen LogP contribution in [0.15, 0.2) is 30.6 Å². The molecule has 1 N–H and O–H groups in total. The van der Waals surface area contributed by atoms with Crippen molar-refractivity contribution in [3.63, 3.8) is 0 Å². The smallest absolute Gasteiger partial charge is 0.308 e. The summed E-state index contributed by atoms with van der Waals surface area (Å²) in [7, 11) is 0. The molecule has 0 radical (unpaired) electrons. The number of aliphatic carboxylic acids is 1. The largest absolute Gasteiger partial charge is 0.481 e. The van der Waals surface area contributed by atoms with E-state index in [9.17, 15) is 14.7 Å². The Morgan fingerprint density at radius 1 is 1.21 bits per heavy atom. The highest BCUT2D eigenvalue weighted by molar-refractivity contribution is 5.95. The minimum atomic E-state index is -0.801. The number of tetrazole rings is 1. The summed E-state index contributed by atoms with van der Waals surface area (Å²) in [6.07, 6.45) is 3.61. The number of carboxylic acid groups (broad SMARTS) is 1. The molecule has 0 bridgehead atoms. The van der Waals surface area contributed by atoms with Gasteiger partial charge in [-0.25, -0.2) is 4.68 Å². The Labute approximate surface area is 138 Å². The Morgan fingerprint density at radius 2 is 2.04 bits per heavy atom. The fourth-order valence-corrected chi connectivity index (χ4v) is 3.50. The average Bonchev–Trinajstić information content (AvgIpc) is 3.12. The van der Waals surface area contributed by atoms with E-state index in [1.165, 1.54) is 11.0 Å². The van der Waals surface area contributed by atoms with Crippen molar-refractivity contribution in [1.82, 2.24) is 25.1 Å². The lowest BCUT2D eigenvalue weighted by molar-refractivity contribution is -0.142. The van der Waals surface area contributed by atoms with E-state index in [-0.39, 0.29) is 18.4 Å². The predicted molar refractivity (Wildman–Crippen MR) is 82.4 cm³/mol. The van der Waals surface area contributed by atoms with Crippen molar-refractivity contribution in [3.05, 3.63) is 36.2 Å². The fraction of sp³-hybridized carbons (Fsp3) is 0.438. The zero-order valence-electron chi connectivity index (χ0n) is 12.9. The van der Waals surface area contributed by atoms with Crippen LogP contribution in [0.3, 0.4) is 0 Å². The van der Waals surface area contributed by atoms with Crippen LogP contribution in [0.1, 0.15) is 23.2 Å². The molecule has 1 aliphatic carbocycles. The summed E-state index contributed by atoms with van der Waals surface area (Å²) in [5.74, 6) is -0.862. The van der Waals surface area contributed by atoms with Crippen LogP contribution in [0.2, 0.25) is 0 Å². The van der Waals surface area contributed by atoms with Gasteiger partial charge in [-0.05, 0) is 53.3 Å². The van der Waals surface area contributed by atoms with E-state index in [1.807, 2.05) is 6.07 Å². The summed E-state index contributed by atoms with van der Waals surface area (Å²) in [6, 6.07) is 7.03. The van der Waals surface area contributed by atoms with Gasteiger partial charge in [0.15, 0.2) is 0 Å². The molecule has 0 unspecified atom stereocenters. The number of hydrogen-bond donors (Lipinski definition) is 1. The highest BCUT2D eigenvalue weighted by Gasteiger charge is 2.46. The maximum Gasteiger partial charge on any atom is 0.308 e. The molecule has 4 rings (SSSR count). The molecule has 0 spiro atoms. The van der Waals surface area contributed by atoms with Crippen molar-refractivity contribution in [2.45, 2.75) is 12.8 Å². The maximum atomic E-state index is 12.8. The highest BCUT2D eigenvalue weighted by atomic mass is 16.4. The molecule has 1 aliphatic heterocycles. The van der Waals surface area contributed by atoms with Gasteiger partial charge in [-0.1, -0.05) is 6.07 Å². The van der Waals surface area contributed by atoms with E-state index in [4.69, 9.17) is 0 Å². The summed E-state index contributed by atoms with van der Waals surface area (Å²) in [4.78, 5) is 26.0. The predicted octanol–water partition coefficient (Wildman–Crippen LogP) is 0.845. The van der Waals surface area contributed by atoms with Crippen LogP contribution < -0.4 is 0 Å². The molecular formula is C16H17N5O3. The number of carboxylic acids is 1. The molecule has 1 saturated carbocycles. The molecule has 2 aliphatic rings. The number of amides is 1. The lowest BCUT2D eigenvalue weighted by Gasteiger charge is -2.16. The molecular weight excluding hydrogens is 310 g/mol. The van der Waals surface area contributed by atoms with Gasteiger partial charge in [-0.3, -0.25) is 9.59 Å². The van der Waals surface area contributed by atoms with Gasteiger partial charge in [0.2, 0.25) is 0 Å². The first-order valence-electron chi connectivity index (χ1n) is 7.99. The van der Waals surface area contributed by atoms with Crippen molar-refractivity contribution in [2.75, 3.05) is 13.1 Å². The van der Waals surface area contributed by atoms with E-state index in [1.54, 1.807) is 23.1 Å². The number of hydrogen-bond acceptors (Lipinski definition) is 5. The number of likely N-dealkylation sites (tertiary alicyclic amines) is 1. The van der Waals surface area contributed by atoms with Gasteiger partial charge in [-0.2, -0.15) is 0 Å². The van der Waals surface area contributed by atoms with Gasteiger partial charge in [0.25, 0.3) is 5.91 Å². The number of benzene rings is 1. The van der Waals surface area contributed by atoms with E-state index in [0.29, 0.717) is 23.7 Å². The molecule has 24 heavy (non-hydrogen) atoms. The molecule has 8 nitrogen and oxygen atoms in total. The second kappa shape index (κ2) is 5.70. The Morgan fingerprint density at radius 3 is 2.71 bits per heavy atom. The summed E-state index contributed by atoms with van der Waals surface area (Å²) in [6.45, 7) is 0.806. The average molecular weight is 327 g/mol. The van der Waals surface area contributed by atoms with Crippen LogP contribution in [0.25, 0.3) is 5.69 Å². The lowest BCUT2D eigenvalue weighted by Crippen LogP contribution is -2.30. The molecule has 124 valence electrons. The Hall–Kier alpha value is -2.77. The van der Waals surface area contributed by atoms with Gasteiger partial charge < -0.3 is 10.0 Å². The number of carbonyl (C=O) groups excluding carboxylic acids is 1. The molecule has 1 saturated heterocycles. The minimum Gasteiger partial charge on any atom is -0.481 e. The standard InChI is InChI=1S/C16H17N5O3/c22-15(11-2-1-3-12(6-11)21-9-17-18-19-21)20-7-13(10-4-5-10)14(8-20)16(23)24/h1-3,6,9-10,13-14H,4-5,7-8H2,(H,23,24)/t13-,14+/m1/s1. The first-order chi connectivity index (χ1) is 11.6. The zero-order chi connectivity index (χ0) is 16.7.